The molecule has 1 N–H and O–H groups in total. The fourth-order valence-electron chi connectivity index (χ4n) is 4.51. The molecule has 208 valence electrons. The smallest absolute Gasteiger partial charge is 0.335 e. The van der Waals surface area contributed by atoms with Crippen LogP contribution in [-0.4, -0.2) is 34.1 Å². The summed E-state index contributed by atoms with van der Waals surface area (Å²) in [5.74, 6) is 0.824. The molecule has 0 radical (unpaired) electrons. The van der Waals surface area contributed by atoms with Gasteiger partial charge in [0.2, 0.25) is 5.82 Å². The molecular weight excluding hydrogens is 602 g/mol. The number of carbonyl (C=O) groups is 1. The molecule has 0 spiro atoms. The first-order valence-electron chi connectivity index (χ1n) is 12.8. The van der Waals surface area contributed by atoms with E-state index in [2.05, 4.69) is 21.0 Å². The average molecular weight is 624 g/mol. The molecule has 0 amide bonds. The van der Waals surface area contributed by atoms with E-state index < -0.39 is 5.97 Å². The predicted molar refractivity (Wildman–Crippen MR) is 163 cm³/mol. The van der Waals surface area contributed by atoms with Gasteiger partial charge in [-0.15, -0.1) is 0 Å². The van der Waals surface area contributed by atoms with Crippen LogP contribution in [0.15, 0.2) is 110 Å². The van der Waals surface area contributed by atoms with Crippen LogP contribution in [0, 0.1) is 0 Å². The molecule has 42 heavy (non-hydrogen) atoms. The van der Waals surface area contributed by atoms with Crippen molar-refractivity contribution in [2.75, 3.05) is 7.11 Å². The van der Waals surface area contributed by atoms with E-state index >= 15 is 0 Å². The standard InChI is InChI=1S/C32H22BrN3O6/c1-40-26-10-5-11-27-23(26)16-29(42-27)30-35-25-9-3-2-8-22(25)31(37)36(30)34-17-19-12-13-28(24(33)15-19)41-18-20-6-4-7-21(14-20)32(38)39/h2-17H,18H2,1H3,(H,38,39). The van der Waals surface area contributed by atoms with Crippen LogP contribution in [0.1, 0.15) is 21.5 Å². The van der Waals surface area contributed by atoms with Gasteiger partial charge in [-0.2, -0.15) is 9.78 Å². The maximum absolute atomic E-state index is 13.6. The normalized spacial score (nSPS) is 11.4. The van der Waals surface area contributed by atoms with Gasteiger partial charge in [0.25, 0.3) is 5.56 Å². The van der Waals surface area contributed by atoms with Crippen molar-refractivity contribution in [2.45, 2.75) is 6.61 Å². The minimum Gasteiger partial charge on any atom is -0.496 e. The van der Waals surface area contributed by atoms with E-state index in [-0.39, 0.29) is 23.6 Å². The first-order chi connectivity index (χ1) is 20.4. The van der Waals surface area contributed by atoms with Gasteiger partial charge < -0.3 is 19.0 Å². The molecule has 0 atom stereocenters. The van der Waals surface area contributed by atoms with Crippen LogP contribution in [0.5, 0.6) is 11.5 Å². The van der Waals surface area contributed by atoms with Gasteiger partial charge >= 0.3 is 5.97 Å². The van der Waals surface area contributed by atoms with Crippen LogP contribution in [0.2, 0.25) is 0 Å². The second kappa shape index (κ2) is 11.3. The summed E-state index contributed by atoms with van der Waals surface area (Å²) in [6.45, 7) is 0.191. The third-order valence-corrected chi connectivity index (χ3v) is 7.18. The van der Waals surface area contributed by atoms with Crippen molar-refractivity contribution in [3.8, 4) is 23.1 Å². The van der Waals surface area contributed by atoms with Crippen LogP contribution in [-0.2, 0) is 6.61 Å². The Morgan fingerprint density at radius 1 is 1.00 bits per heavy atom. The Bertz CT molecular complexity index is 2060. The van der Waals surface area contributed by atoms with Gasteiger partial charge in [0.15, 0.2) is 5.76 Å². The number of para-hydroxylation sites is 1. The van der Waals surface area contributed by atoms with Gasteiger partial charge in [-0.1, -0.05) is 30.3 Å². The zero-order valence-electron chi connectivity index (χ0n) is 22.2. The summed E-state index contributed by atoms with van der Waals surface area (Å²) in [5, 5.41) is 14.9. The topological polar surface area (TPSA) is 116 Å². The molecule has 0 unspecified atom stereocenters. The summed E-state index contributed by atoms with van der Waals surface area (Å²) in [6.07, 6.45) is 1.55. The van der Waals surface area contributed by atoms with Gasteiger partial charge in [0.1, 0.15) is 23.7 Å². The van der Waals surface area contributed by atoms with Gasteiger partial charge in [-0.05, 0) is 87.7 Å². The van der Waals surface area contributed by atoms with E-state index in [1.165, 1.54) is 10.7 Å². The number of fused-ring (bicyclic) bond motifs is 2. The van der Waals surface area contributed by atoms with Crippen molar-refractivity contribution < 1.29 is 23.8 Å². The number of nitrogens with zero attached hydrogens (tertiary/aromatic N) is 3. The molecule has 9 nitrogen and oxygen atoms in total. The van der Waals surface area contributed by atoms with E-state index in [1.54, 1.807) is 74.0 Å². The van der Waals surface area contributed by atoms with E-state index in [4.69, 9.17) is 18.9 Å². The Hall–Kier alpha value is -5.22. The molecule has 0 aliphatic rings. The number of benzene rings is 4. The molecule has 2 aromatic heterocycles. The molecule has 0 fully saturated rings. The third-order valence-electron chi connectivity index (χ3n) is 6.56. The van der Waals surface area contributed by atoms with Crippen LogP contribution in [0.25, 0.3) is 33.5 Å². The summed E-state index contributed by atoms with van der Waals surface area (Å²) < 4.78 is 19.3. The van der Waals surface area contributed by atoms with E-state index in [0.717, 1.165) is 10.9 Å². The van der Waals surface area contributed by atoms with E-state index in [1.807, 2.05) is 24.3 Å². The van der Waals surface area contributed by atoms with Crippen LogP contribution >= 0.6 is 15.9 Å². The Labute approximate surface area is 247 Å². The fraction of sp³-hybridized carbons (Fsp3) is 0.0625. The van der Waals surface area contributed by atoms with Gasteiger partial charge in [0.05, 0.1) is 39.6 Å². The van der Waals surface area contributed by atoms with Crippen molar-refractivity contribution in [3.63, 3.8) is 0 Å². The first kappa shape index (κ1) is 27.0. The average Bonchev–Trinajstić information content (AvgIpc) is 3.45. The molecule has 4 aromatic carbocycles. The third kappa shape index (κ3) is 5.27. The highest BCUT2D eigenvalue weighted by atomic mass is 79.9. The molecule has 6 aromatic rings. The summed E-state index contributed by atoms with van der Waals surface area (Å²) in [6, 6.07) is 26.3. The van der Waals surface area contributed by atoms with Crippen molar-refractivity contribution in [1.82, 2.24) is 9.66 Å². The minimum absolute atomic E-state index is 0.191. The lowest BCUT2D eigenvalue weighted by atomic mass is 10.1. The zero-order valence-corrected chi connectivity index (χ0v) is 23.7. The number of carboxylic acid groups (broad SMARTS) is 1. The van der Waals surface area contributed by atoms with Crippen molar-refractivity contribution in [3.05, 3.63) is 123 Å². The van der Waals surface area contributed by atoms with Gasteiger partial charge in [-0.3, -0.25) is 4.79 Å². The molecule has 0 aliphatic heterocycles. The van der Waals surface area contributed by atoms with Gasteiger partial charge in [0, 0.05) is 0 Å². The van der Waals surface area contributed by atoms with E-state index in [9.17, 15) is 14.7 Å². The number of methoxy groups -OCH3 is 1. The van der Waals surface area contributed by atoms with E-state index in [0.29, 0.717) is 43.8 Å². The highest BCUT2D eigenvalue weighted by molar-refractivity contribution is 9.10. The predicted octanol–water partition coefficient (Wildman–Crippen LogP) is 6.74. The summed E-state index contributed by atoms with van der Waals surface area (Å²) in [5.41, 5.74) is 2.39. The summed E-state index contributed by atoms with van der Waals surface area (Å²) >= 11 is 3.53. The summed E-state index contributed by atoms with van der Waals surface area (Å²) in [7, 11) is 1.58. The number of hydrogen-bond donors (Lipinski definition) is 1. The molecule has 6 rings (SSSR count). The van der Waals surface area contributed by atoms with Crippen LogP contribution in [0.3, 0.4) is 0 Å². The minimum atomic E-state index is -0.995. The number of aromatic nitrogens is 2. The number of halogens is 1. The Kier molecular flexibility index (Phi) is 7.28. The molecule has 0 bridgehead atoms. The number of furan rings is 1. The number of rotatable bonds is 8. The Morgan fingerprint density at radius 3 is 2.64 bits per heavy atom. The fourth-order valence-corrected chi connectivity index (χ4v) is 5.02. The SMILES string of the molecule is COc1cccc2oc(-c3nc4ccccc4c(=O)n3N=Cc3ccc(OCc4cccc(C(=O)O)c4)c(Br)c3)cc12. The van der Waals surface area contributed by atoms with Crippen molar-refractivity contribution >= 4 is 50.0 Å². The zero-order chi connectivity index (χ0) is 29.2. The monoisotopic (exact) mass is 623 g/mol. The molecule has 2 heterocycles. The Morgan fingerprint density at radius 2 is 1.83 bits per heavy atom. The van der Waals surface area contributed by atoms with Gasteiger partial charge in [-0.25, -0.2) is 9.78 Å². The molecule has 0 saturated carbocycles. The van der Waals surface area contributed by atoms with Crippen LogP contribution in [0.4, 0.5) is 0 Å². The summed E-state index contributed by atoms with van der Waals surface area (Å²) in [4.78, 5) is 29.5. The molecule has 0 aliphatic carbocycles. The maximum Gasteiger partial charge on any atom is 0.335 e. The lowest BCUT2D eigenvalue weighted by molar-refractivity contribution is 0.0696. The number of carboxylic acids is 1. The molecule has 10 heteroatoms. The van der Waals surface area contributed by atoms with Crippen molar-refractivity contribution in [1.29, 1.82) is 0 Å². The van der Waals surface area contributed by atoms with Crippen LogP contribution < -0.4 is 15.0 Å². The second-order valence-electron chi connectivity index (χ2n) is 9.28. The highest BCUT2D eigenvalue weighted by Crippen LogP contribution is 2.33. The number of aromatic carboxylic acids is 1. The van der Waals surface area contributed by atoms with Crippen molar-refractivity contribution in [2.24, 2.45) is 5.10 Å². The lowest BCUT2D eigenvalue weighted by Gasteiger charge is -2.10. The number of hydrogen-bond acceptors (Lipinski definition) is 7. The maximum atomic E-state index is 13.6. The number of ether oxygens (including phenoxy) is 2. The molecular formula is C32H22BrN3O6. The lowest BCUT2D eigenvalue weighted by Crippen LogP contribution is -2.20. The largest absolute Gasteiger partial charge is 0.496 e. The highest BCUT2D eigenvalue weighted by Gasteiger charge is 2.18. The Balaban J connectivity index is 1.33. The molecule has 0 saturated heterocycles. The second-order valence-corrected chi connectivity index (χ2v) is 10.1. The quantitative estimate of drug-likeness (QED) is 0.187. The first-order valence-corrected chi connectivity index (χ1v) is 13.6.